The van der Waals surface area contributed by atoms with Crippen LogP contribution in [0.3, 0.4) is 0 Å². The SMILES string of the molecule is Cc1ccc(-c2nc3ccccc3n2C)cc1.Cc1ccc(-n2c3ccccc3c3ccccc32)cc1.Cc1ccc(N(c2ccccc2)c2ccc3ccccc3c2)cc1.Cc1ccc(N(c2ccccc2)c2cccc3ccccc23)cc1.Cc1ccc(N(c2ccccc2)c2ccccc2)cc1. The summed E-state index contributed by atoms with van der Waals surface area (Å²) in [5, 5.41) is 7.64. The molecule has 0 spiro atoms. The number of aromatic nitrogens is 3. The van der Waals surface area contributed by atoms with E-state index in [2.05, 4.69) is 441 Å². The largest absolute Gasteiger partial charge is 0.327 e. The minimum absolute atomic E-state index is 1.02. The summed E-state index contributed by atoms with van der Waals surface area (Å²) in [5.74, 6) is 1.02. The molecule has 2 heterocycles. The van der Waals surface area contributed by atoms with Gasteiger partial charge in [-0.1, -0.05) is 289 Å². The Hall–Kier alpha value is -13.3. The van der Waals surface area contributed by atoms with Gasteiger partial charge >= 0.3 is 0 Å². The van der Waals surface area contributed by atoms with Crippen molar-refractivity contribution in [1.29, 1.82) is 0 Å². The summed E-state index contributed by atoms with van der Waals surface area (Å²) in [6.07, 6.45) is 0. The number of hydrogen-bond donors (Lipinski definition) is 0. The summed E-state index contributed by atoms with van der Waals surface area (Å²) in [4.78, 5) is 11.6. The van der Waals surface area contributed by atoms with Crippen LogP contribution >= 0.6 is 0 Å². The minimum atomic E-state index is 1.02. The van der Waals surface area contributed by atoms with E-state index in [4.69, 9.17) is 0 Å². The van der Waals surface area contributed by atoms with Gasteiger partial charge in [0.05, 0.1) is 27.8 Å². The van der Waals surface area contributed by atoms with E-state index in [1.807, 2.05) is 30.3 Å². The Balaban J connectivity index is 0.000000111. The second kappa shape index (κ2) is 32.6. The van der Waals surface area contributed by atoms with Gasteiger partial charge in [0, 0.05) is 80.0 Å². The van der Waals surface area contributed by atoms with Crippen LogP contribution in [0.2, 0.25) is 0 Å². The number of aryl methyl sites for hydroxylation is 6. The third-order valence-electron chi connectivity index (χ3n) is 18.9. The summed E-state index contributed by atoms with van der Waals surface area (Å²) in [6, 6.07) is 141. The van der Waals surface area contributed by atoms with E-state index in [-0.39, 0.29) is 0 Å². The van der Waals surface area contributed by atoms with Gasteiger partial charge in [-0.05, 0) is 190 Å². The molecule has 510 valence electrons. The van der Waals surface area contributed by atoms with Gasteiger partial charge < -0.3 is 23.8 Å². The average molecular weight is 1360 g/mol. The number of nitrogens with zero attached hydrogens (tertiary/aromatic N) is 6. The van der Waals surface area contributed by atoms with Crippen LogP contribution in [0.15, 0.2) is 400 Å². The fourth-order valence-corrected chi connectivity index (χ4v) is 13.4. The second-order valence-corrected chi connectivity index (χ2v) is 26.4. The van der Waals surface area contributed by atoms with Crippen molar-refractivity contribution in [3.63, 3.8) is 0 Å². The number of rotatable bonds is 11. The standard InChI is InChI=1S/2C23H19N.C19H15N.C19H17N.C15H14N2/c1-18-14-16-21(17-15-18)24(20-10-3-2-4-11-20)23-13-7-9-19-8-5-6-12-22(19)23;1-18-11-14-22(15-12-18)24(21-9-3-2-4-10-21)23-16-13-19-7-5-6-8-20(19)17-23;1-14-10-12-15(13-11-14)20-18-8-4-2-6-16(18)17-7-3-5-9-19(17)20;1-16-12-14-19(15-13-16)20(17-8-4-2-5-9-17)18-10-6-3-7-11-18;1-11-7-9-12(10-8-11)15-16-13-5-3-4-6-14(13)17(15)2/h2*2-17H,1H3;2-13H,1H3;2-15H,1H3;3-10H,1-2H3. The molecule has 0 fully saturated rings. The zero-order valence-corrected chi connectivity index (χ0v) is 60.3. The van der Waals surface area contributed by atoms with Crippen molar-refractivity contribution in [2.75, 3.05) is 14.7 Å². The quantitative estimate of drug-likeness (QED) is 0.129. The molecule has 0 amide bonds. The first-order chi connectivity index (χ1) is 51.6. The van der Waals surface area contributed by atoms with Crippen molar-refractivity contribution in [2.24, 2.45) is 7.05 Å². The summed E-state index contributed by atoms with van der Waals surface area (Å²) in [7, 11) is 2.06. The molecule has 18 aromatic rings. The van der Waals surface area contributed by atoms with Crippen molar-refractivity contribution >= 4 is 106 Å². The topological polar surface area (TPSA) is 32.5 Å². The lowest BCUT2D eigenvalue weighted by molar-refractivity contribution is 0.959. The van der Waals surface area contributed by atoms with Crippen LogP contribution in [0.25, 0.3) is 71.5 Å². The second-order valence-electron chi connectivity index (χ2n) is 26.4. The minimum Gasteiger partial charge on any atom is -0.327 e. The molecule has 105 heavy (non-hydrogen) atoms. The van der Waals surface area contributed by atoms with Gasteiger partial charge in [0.1, 0.15) is 5.82 Å². The van der Waals surface area contributed by atoms with Crippen LogP contribution in [-0.4, -0.2) is 14.1 Å². The fourth-order valence-electron chi connectivity index (χ4n) is 13.4. The third kappa shape index (κ3) is 16.1. The third-order valence-corrected chi connectivity index (χ3v) is 18.9. The summed E-state index contributed by atoms with van der Waals surface area (Å²) >= 11 is 0. The van der Waals surface area contributed by atoms with Crippen molar-refractivity contribution in [3.05, 3.63) is 428 Å². The maximum Gasteiger partial charge on any atom is 0.140 e. The number of benzene rings is 16. The van der Waals surface area contributed by atoms with E-state index >= 15 is 0 Å². The van der Waals surface area contributed by atoms with E-state index < -0.39 is 0 Å². The molecule has 0 bridgehead atoms. The molecule has 16 aromatic carbocycles. The van der Waals surface area contributed by atoms with Gasteiger partial charge in [0.25, 0.3) is 0 Å². The molecule has 6 nitrogen and oxygen atoms in total. The zero-order valence-electron chi connectivity index (χ0n) is 60.3. The molecule has 6 heteroatoms. The first-order valence-corrected chi connectivity index (χ1v) is 35.9. The molecule has 0 aliphatic heterocycles. The van der Waals surface area contributed by atoms with Gasteiger partial charge in [-0.15, -0.1) is 0 Å². The molecule has 2 aromatic heterocycles. The number of fused-ring (bicyclic) bond motifs is 6. The Morgan fingerprint density at radius 1 is 0.238 bits per heavy atom. The Morgan fingerprint density at radius 3 is 1.05 bits per heavy atom. The summed E-state index contributed by atoms with van der Waals surface area (Å²) in [5.41, 5.74) is 24.0. The van der Waals surface area contributed by atoms with E-state index in [1.54, 1.807) is 0 Å². The zero-order chi connectivity index (χ0) is 71.9. The number of hydrogen-bond acceptors (Lipinski definition) is 4. The van der Waals surface area contributed by atoms with Gasteiger partial charge in [-0.3, -0.25) is 0 Å². The van der Waals surface area contributed by atoms with Gasteiger partial charge in [0.2, 0.25) is 0 Å². The summed E-state index contributed by atoms with van der Waals surface area (Å²) in [6.45, 7) is 10.6. The highest BCUT2D eigenvalue weighted by Gasteiger charge is 2.18. The maximum atomic E-state index is 4.68. The smallest absolute Gasteiger partial charge is 0.140 e. The predicted molar refractivity (Wildman–Crippen MR) is 449 cm³/mol. The molecule has 18 rings (SSSR count). The molecule has 0 aliphatic carbocycles. The summed E-state index contributed by atoms with van der Waals surface area (Å²) < 4.78 is 4.48. The normalized spacial score (nSPS) is 10.8. The van der Waals surface area contributed by atoms with Crippen LogP contribution in [0.4, 0.5) is 51.2 Å². The lowest BCUT2D eigenvalue weighted by atomic mass is 10.1. The first-order valence-electron chi connectivity index (χ1n) is 35.9. The predicted octanol–water partition coefficient (Wildman–Crippen LogP) is 27.3. The Bertz CT molecular complexity index is 5710. The molecule has 0 unspecified atom stereocenters. The number of para-hydroxylation sites is 8. The lowest BCUT2D eigenvalue weighted by Crippen LogP contribution is -2.10. The van der Waals surface area contributed by atoms with Crippen molar-refractivity contribution in [1.82, 2.24) is 14.1 Å². The van der Waals surface area contributed by atoms with Crippen molar-refractivity contribution in [2.45, 2.75) is 34.6 Å². The Morgan fingerprint density at radius 2 is 0.571 bits per heavy atom. The van der Waals surface area contributed by atoms with Gasteiger partial charge in [0.15, 0.2) is 0 Å². The average Bonchev–Trinajstić information content (AvgIpc) is 1.57. The highest BCUT2D eigenvalue weighted by atomic mass is 15.2. The fraction of sp³-hybridized carbons (Fsp3) is 0.0606. The molecular weight excluding hydrogens is 1270 g/mol. The monoisotopic (exact) mass is 1360 g/mol. The van der Waals surface area contributed by atoms with Crippen LogP contribution in [0, 0.1) is 34.6 Å². The molecular formula is C99H84N6. The molecule has 0 saturated heterocycles. The maximum absolute atomic E-state index is 4.68. The van der Waals surface area contributed by atoms with E-state index in [9.17, 15) is 0 Å². The number of imidazole rings is 1. The molecule has 0 aliphatic rings. The van der Waals surface area contributed by atoms with Crippen LogP contribution in [-0.2, 0) is 7.05 Å². The van der Waals surface area contributed by atoms with E-state index in [1.165, 1.54) is 122 Å². The molecule has 0 N–H and O–H groups in total. The highest BCUT2D eigenvalue weighted by Crippen LogP contribution is 2.41. The van der Waals surface area contributed by atoms with Gasteiger partial charge in [-0.2, -0.15) is 0 Å². The van der Waals surface area contributed by atoms with Crippen LogP contribution in [0.1, 0.15) is 27.8 Å². The van der Waals surface area contributed by atoms with E-state index in [0.717, 1.165) is 28.3 Å². The molecule has 0 saturated carbocycles. The van der Waals surface area contributed by atoms with Crippen LogP contribution < -0.4 is 14.7 Å². The Kier molecular flexibility index (Phi) is 21.3. The molecule has 0 atom stereocenters. The first kappa shape index (κ1) is 68.8. The highest BCUT2D eigenvalue weighted by molar-refractivity contribution is 6.09. The van der Waals surface area contributed by atoms with Crippen LogP contribution in [0.5, 0.6) is 0 Å². The van der Waals surface area contributed by atoms with E-state index in [0.29, 0.717) is 0 Å². The van der Waals surface area contributed by atoms with Crippen molar-refractivity contribution < 1.29 is 0 Å². The molecule has 0 radical (unpaired) electrons. The lowest BCUT2D eigenvalue weighted by Gasteiger charge is -2.26. The van der Waals surface area contributed by atoms with Crippen molar-refractivity contribution in [3.8, 4) is 17.1 Å². The van der Waals surface area contributed by atoms with Gasteiger partial charge in [-0.25, -0.2) is 4.98 Å². The Labute approximate surface area is 617 Å². The number of anilines is 9.